The summed E-state index contributed by atoms with van der Waals surface area (Å²) in [5.41, 5.74) is -0.930. The van der Waals surface area contributed by atoms with Gasteiger partial charge in [-0.3, -0.25) is 10.0 Å². The molecule has 35 heavy (non-hydrogen) atoms. The summed E-state index contributed by atoms with van der Waals surface area (Å²) in [6, 6.07) is 21.1. The van der Waals surface area contributed by atoms with Gasteiger partial charge in [-0.15, -0.1) is 0 Å². The lowest BCUT2D eigenvalue weighted by molar-refractivity contribution is -0.167. The van der Waals surface area contributed by atoms with Gasteiger partial charge in [0.1, 0.15) is 0 Å². The molecule has 0 aromatic heterocycles. The molecular formula is C26H27F3N2O3S. The first-order chi connectivity index (χ1) is 16.4. The maximum atomic E-state index is 13.7. The van der Waals surface area contributed by atoms with Crippen molar-refractivity contribution in [2.24, 2.45) is 5.41 Å². The van der Waals surface area contributed by atoms with E-state index in [2.05, 4.69) is 10.0 Å². The topological polar surface area (TPSA) is 88.3 Å². The number of aliphatic hydroxyl groups excluding tert-OH is 1. The quantitative estimate of drug-likeness (QED) is 0.364. The monoisotopic (exact) mass is 504 g/mol. The van der Waals surface area contributed by atoms with Crippen LogP contribution in [0.3, 0.4) is 0 Å². The van der Waals surface area contributed by atoms with Gasteiger partial charge >= 0.3 is 6.18 Å². The minimum atomic E-state index is -4.55. The summed E-state index contributed by atoms with van der Waals surface area (Å²) in [7, 11) is -4.02. The maximum absolute atomic E-state index is 13.7. The molecule has 3 aromatic rings. The Balaban J connectivity index is 1.84. The number of benzene rings is 3. The number of aryl methyl sites for hydroxylation is 1. The van der Waals surface area contributed by atoms with Crippen molar-refractivity contribution in [2.45, 2.75) is 42.9 Å². The van der Waals surface area contributed by atoms with Crippen molar-refractivity contribution in [3.8, 4) is 0 Å². The van der Waals surface area contributed by atoms with Crippen molar-refractivity contribution in [1.82, 2.24) is 5.32 Å². The van der Waals surface area contributed by atoms with E-state index in [1.54, 1.807) is 60.7 Å². The summed E-state index contributed by atoms with van der Waals surface area (Å²) < 4.78 is 70.0. The number of hydrogen-bond acceptors (Lipinski definition) is 4. The lowest BCUT2D eigenvalue weighted by Crippen LogP contribution is -2.43. The molecule has 0 radical (unpaired) electrons. The summed E-state index contributed by atoms with van der Waals surface area (Å²) in [6.45, 7) is 2.45. The van der Waals surface area contributed by atoms with Crippen LogP contribution in [0.2, 0.25) is 0 Å². The molecule has 186 valence electrons. The molecule has 0 amide bonds. The second kappa shape index (κ2) is 8.96. The highest BCUT2D eigenvalue weighted by Crippen LogP contribution is 2.63. The second-order valence-corrected chi connectivity index (χ2v) is 11.0. The SMILES string of the molecule is Cc1ccc(S(=O)(=O)Nc2ccccc2[C@@]2([C@](C)(CO)CC(F)(F)F)N[C@H]2c2ccccc2)cc1. The number of anilines is 1. The van der Waals surface area contributed by atoms with E-state index < -0.39 is 46.2 Å². The van der Waals surface area contributed by atoms with Gasteiger partial charge in [0.05, 0.1) is 35.2 Å². The van der Waals surface area contributed by atoms with Gasteiger partial charge in [-0.05, 0) is 36.2 Å². The van der Waals surface area contributed by atoms with Crippen LogP contribution in [0.25, 0.3) is 0 Å². The van der Waals surface area contributed by atoms with Crippen LogP contribution in [0.4, 0.5) is 18.9 Å². The zero-order chi connectivity index (χ0) is 25.5. The largest absolute Gasteiger partial charge is 0.396 e. The second-order valence-electron chi connectivity index (χ2n) is 9.27. The van der Waals surface area contributed by atoms with Crippen LogP contribution < -0.4 is 10.0 Å². The number of sulfonamides is 1. The molecule has 1 heterocycles. The minimum absolute atomic E-state index is 0.0375. The van der Waals surface area contributed by atoms with Crippen LogP contribution in [-0.2, 0) is 15.6 Å². The Morgan fingerprint density at radius 3 is 2.17 bits per heavy atom. The molecule has 3 aromatic carbocycles. The average Bonchev–Trinajstić information content (AvgIpc) is 3.56. The standard InChI is InChI=1S/C26H27F3N2O3S/c1-18-12-14-20(15-13-18)35(33,34)31-22-11-7-6-10-21(22)26(24(2,17-32)16-25(27,28)29)23(30-26)19-8-4-3-5-9-19/h3-15,23,30-32H,16-17H2,1-2H3/t23-,24-,26+/m0/s1. The predicted octanol–water partition coefficient (Wildman–Crippen LogP) is 5.29. The summed E-state index contributed by atoms with van der Waals surface area (Å²) >= 11 is 0. The third-order valence-electron chi connectivity index (χ3n) is 6.67. The van der Waals surface area contributed by atoms with E-state index in [-0.39, 0.29) is 10.6 Å². The normalized spacial score (nSPS) is 21.8. The lowest BCUT2D eigenvalue weighted by atomic mass is 9.67. The Bertz CT molecular complexity index is 1300. The third kappa shape index (κ3) is 4.80. The minimum Gasteiger partial charge on any atom is -0.396 e. The van der Waals surface area contributed by atoms with Crippen molar-refractivity contribution in [2.75, 3.05) is 11.3 Å². The summed E-state index contributed by atoms with van der Waals surface area (Å²) in [6.07, 6.45) is -5.81. The fraction of sp³-hybridized carbons (Fsp3) is 0.308. The van der Waals surface area contributed by atoms with Crippen LogP contribution in [0.5, 0.6) is 0 Å². The van der Waals surface area contributed by atoms with Crippen molar-refractivity contribution >= 4 is 15.7 Å². The number of nitrogens with one attached hydrogen (secondary N) is 2. The molecule has 1 saturated heterocycles. The molecule has 1 aliphatic heterocycles. The molecule has 1 aliphatic rings. The van der Waals surface area contributed by atoms with E-state index in [4.69, 9.17) is 0 Å². The number of hydrogen-bond donors (Lipinski definition) is 3. The zero-order valence-corrected chi connectivity index (χ0v) is 20.1. The van der Waals surface area contributed by atoms with Gasteiger partial charge < -0.3 is 5.11 Å². The fourth-order valence-corrected chi connectivity index (χ4v) is 5.93. The summed E-state index contributed by atoms with van der Waals surface area (Å²) in [5, 5.41) is 13.5. The number of rotatable bonds is 8. The van der Waals surface area contributed by atoms with Gasteiger partial charge in [0.15, 0.2) is 0 Å². The Morgan fingerprint density at radius 1 is 0.971 bits per heavy atom. The van der Waals surface area contributed by atoms with Crippen LogP contribution in [0, 0.1) is 12.3 Å². The molecule has 0 spiro atoms. The van der Waals surface area contributed by atoms with Crippen molar-refractivity contribution in [3.05, 3.63) is 95.6 Å². The van der Waals surface area contributed by atoms with Crippen LogP contribution in [0.1, 0.15) is 36.1 Å². The Morgan fingerprint density at radius 2 is 1.57 bits per heavy atom. The molecule has 0 aliphatic carbocycles. The number of halogens is 3. The van der Waals surface area contributed by atoms with Crippen molar-refractivity contribution in [3.63, 3.8) is 0 Å². The van der Waals surface area contributed by atoms with E-state index in [0.717, 1.165) is 11.1 Å². The molecule has 0 bridgehead atoms. The predicted molar refractivity (Wildman–Crippen MR) is 128 cm³/mol. The van der Waals surface area contributed by atoms with Gasteiger partial charge in [-0.1, -0.05) is 73.2 Å². The smallest absolute Gasteiger partial charge is 0.389 e. The van der Waals surface area contributed by atoms with Gasteiger partial charge in [-0.2, -0.15) is 13.2 Å². The molecule has 5 nitrogen and oxygen atoms in total. The summed E-state index contributed by atoms with van der Waals surface area (Å²) in [5.74, 6) is 0. The van der Waals surface area contributed by atoms with E-state index >= 15 is 0 Å². The first-order valence-corrected chi connectivity index (χ1v) is 12.6. The van der Waals surface area contributed by atoms with Crippen LogP contribution in [-0.4, -0.2) is 26.3 Å². The van der Waals surface area contributed by atoms with E-state index in [1.807, 2.05) is 6.92 Å². The highest BCUT2D eigenvalue weighted by Gasteiger charge is 2.68. The number of alkyl halides is 3. The third-order valence-corrected chi connectivity index (χ3v) is 8.06. The van der Waals surface area contributed by atoms with E-state index in [1.165, 1.54) is 25.1 Å². The molecular weight excluding hydrogens is 477 g/mol. The first kappa shape index (κ1) is 25.2. The van der Waals surface area contributed by atoms with Crippen LogP contribution >= 0.6 is 0 Å². The van der Waals surface area contributed by atoms with Gasteiger partial charge in [0.25, 0.3) is 10.0 Å². The first-order valence-electron chi connectivity index (χ1n) is 11.1. The number of para-hydroxylation sites is 1. The highest BCUT2D eigenvalue weighted by atomic mass is 32.2. The van der Waals surface area contributed by atoms with Gasteiger partial charge in [0.2, 0.25) is 0 Å². The van der Waals surface area contributed by atoms with Crippen molar-refractivity contribution < 1.29 is 26.7 Å². The molecule has 9 heteroatoms. The fourth-order valence-electron chi connectivity index (χ4n) is 4.85. The average molecular weight is 505 g/mol. The molecule has 4 rings (SSSR count). The maximum Gasteiger partial charge on any atom is 0.389 e. The molecule has 1 fully saturated rings. The Labute approximate surface area is 203 Å². The zero-order valence-electron chi connectivity index (χ0n) is 19.3. The van der Waals surface area contributed by atoms with E-state index in [0.29, 0.717) is 5.56 Å². The van der Waals surface area contributed by atoms with Gasteiger partial charge in [-0.25, -0.2) is 8.42 Å². The highest BCUT2D eigenvalue weighted by molar-refractivity contribution is 7.92. The lowest BCUT2D eigenvalue weighted by Gasteiger charge is -2.38. The molecule has 0 saturated carbocycles. The Kier molecular flexibility index (Phi) is 6.46. The van der Waals surface area contributed by atoms with E-state index in [9.17, 15) is 26.7 Å². The summed E-state index contributed by atoms with van der Waals surface area (Å²) in [4.78, 5) is 0.0375. The molecule has 3 atom stereocenters. The molecule has 0 unspecified atom stereocenters. The van der Waals surface area contributed by atoms with Crippen molar-refractivity contribution in [1.29, 1.82) is 0 Å². The Hall–Kier alpha value is -2.88. The van der Waals surface area contributed by atoms with Gasteiger partial charge in [0, 0.05) is 5.41 Å². The van der Waals surface area contributed by atoms with Crippen LogP contribution in [0.15, 0.2) is 83.8 Å². The number of aliphatic hydroxyl groups is 1. The molecule has 3 N–H and O–H groups in total.